The van der Waals surface area contributed by atoms with Gasteiger partial charge in [0.15, 0.2) is 0 Å². The van der Waals surface area contributed by atoms with E-state index in [1.165, 1.54) is 0 Å². The lowest BCUT2D eigenvalue weighted by Crippen LogP contribution is -2.14. The number of hydrogen-bond donors (Lipinski definition) is 1. The molecule has 1 rings (SSSR count). The molecule has 0 unspecified atom stereocenters. The molecule has 0 bridgehead atoms. The first-order chi connectivity index (χ1) is 9.31. The summed E-state index contributed by atoms with van der Waals surface area (Å²) < 4.78 is 11.0. The molecule has 0 amide bonds. The fourth-order valence-electron chi connectivity index (χ4n) is 1.68. The average Bonchev–Trinajstić information content (AvgIpc) is 2.45. The Kier molecular flexibility index (Phi) is 7.53. The van der Waals surface area contributed by atoms with Crippen molar-refractivity contribution in [3.8, 4) is 23.3 Å². The minimum Gasteiger partial charge on any atom is -0.497 e. The van der Waals surface area contributed by atoms with Gasteiger partial charge in [0.2, 0.25) is 0 Å². The van der Waals surface area contributed by atoms with E-state index in [0.29, 0.717) is 6.61 Å². The van der Waals surface area contributed by atoms with Gasteiger partial charge < -0.3 is 14.8 Å². The first-order valence-electron chi connectivity index (χ1n) is 6.71. The molecular formula is C16H23NO2. The van der Waals surface area contributed by atoms with Crippen molar-refractivity contribution in [2.75, 3.05) is 20.3 Å². The standard InChI is InChI=1S/C16H23NO2/c1-4-6-7-11-19-16-12-15(18-3)9-8-14(16)13-17-10-5-2/h8-9,12,17H,5,7,10-11,13H2,1-3H3. The highest BCUT2D eigenvalue weighted by atomic mass is 16.5. The van der Waals surface area contributed by atoms with Crippen LogP contribution in [-0.4, -0.2) is 20.3 Å². The highest BCUT2D eigenvalue weighted by Crippen LogP contribution is 2.25. The Morgan fingerprint density at radius 3 is 2.84 bits per heavy atom. The van der Waals surface area contributed by atoms with Crippen LogP contribution < -0.4 is 14.8 Å². The molecule has 1 aromatic rings. The van der Waals surface area contributed by atoms with Crippen LogP contribution in [-0.2, 0) is 6.54 Å². The molecule has 0 atom stereocenters. The van der Waals surface area contributed by atoms with Crippen molar-refractivity contribution in [2.24, 2.45) is 0 Å². The third-order valence-corrected chi connectivity index (χ3v) is 2.68. The molecule has 0 aliphatic rings. The lowest BCUT2D eigenvalue weighted by atomic mass is 10.2. The maximum Gasteiger partial charge on any atom is 0.127 e. The summed E-state index contributed by atoms with van der Waals surface area (Å²) in [6, 6.07) is 5.94. The van der Waals surface area contributed by atoms with Gasteiger partial charge in [0.05, 0.1) is 13.7 Å². The quantitative estimate of drug-likeness (QED) is 0.576. The Morgan fingerprint density at radius 1 is 1.32 bits per heavy atom. The highest BCUT2D eigenvalue weighted by molar-refractivity contribution is 5.40. The largest absolute Gasteiger partial charge is 0.497 e. The fraction of sp³-hybridized carbons (Fsp3) is 0.500. The van der Waals surface area contributed by atoms with Crippen LogP contribution in [0.4, 0.5) is 0 Å². The summed E-state index contributed by atoms with van der Waals surface area (Å²) in [5.41, 5.74) is 1.15. The maximum absolute atomic E-state index is 5.79. The van der Waals surface area contributed by atoms with Crippen LogP contribution >= 0.6 is 0 Å². The van der Waals surface area contributed by atoms with Gasteiger partial charge in [0, 0.05) is 24.6 Å². The number of hydrogen-bond acceptors (Lipinski definition) is 3. The Labute approximate surface area is 116 Å². The molecule has 3 heteroatoms. The molecule has 0 spiro atoms. The SMILES string of the molecule is CC#CCCOc1cc(OC)ccc1CNCCC. The van der Waals surface area contributed by atoms with Gasteiger partial charge in [-0.3, -0.25) is 0 Å². The predicted molar refractivity (Wildman–Crippen MR) is 78.6 cm³/mol. The predicted octanol–water partition coefficient (Wildman–Crippen LogP) is 2.99. The first-order valence-corrected chi connectivity index (χ1v) is 6.71. The lowest BCUT2D eigenvalue weighted by Gasteiger charge is -2.13. The van der Waals surface area contributed by atoms with Crippen LogP contribution in [0.2, 0.25) is 0 Å². The molecule has 0 saturated carbocycles. The second-order valence-corrected chi connectivity index (χ2v) is 4.18. The summed E-state index contributed by atoms with van der Waals surface area (Å²) >= 11 is 0. The van der Waals surface area contributed by atoms with Crippen molar-refractivity contribution in [1.29, 1.82) is 0 Å². The average molecular weight is 261 g/mol. The highest BCUT2D eigenvalue weighted by Gasteiger charge is 2.05. The maximum atomic E-state index is 5.79. The van der Waals surface area contributed by atoms with Gasteiger partial charge in [-0.15, -0.1) is 11.8 Å². The Balaban J connectivity index is 2.67. The third-order valence-electron chi connectivity index (χ3n) is 2.68. The van der Waals surface area contributed by atoms with Gasteiger partial charge in [-0.2, -0.15) is 0 Å². The molecule has 0 radical (unpaired) electrons. The van der Waals surface area contributed by atoms with Crippen molar-refractivity contribution >= 4 is 0 Å². The van der Waals surface area contributed by atoms with Crippen LogP contribution in [0.25, 0.3) is 0 Å². The van der Waals surface area contributed by atoms with E-state index in [4.69, 9.17) is 9.47 Å². The molecule has 0 aliphatic heterocycles. The van der Waals surface area contributed by atoms with E-state index in [1.807, 2.05) is 25.1 Å². The van der Waals surface area contributed by atoms with Crippen molar-refractivity contribution in [3.05, 3.63) is 23.8 Å². The van der Waals surface area contributed by atoms with Crippen molar-refractivity contribution in [3.63, 3.8) is 0 Å². The number of ether oxygens (including phenoxy) is 2. The number of methoxy groups -OCH3 is 1. The van der Waals surface area contributed by atoms with E-state index in [2.05, 4.69) is 24.1 Å². The second-order valence-electron chi connectivity index (χ2n) is 4.18. The van der Waals surface area contributed by atoms with E-state index in [1.54, 1.807) is 7.11 Å². The molecule has 0 fully saturated rings. The molecular weight excluding hydrogens is 238 g/mol. The first kappa shape index (κ1) is 15.4. The molecule has 19 heavy (non-hydrogen) atoms. The van der Waals surface area contributed by atoms with Crippen molar-refractivity contribution in [2.45, 2.75) is 33.2 Å². The van der Waals surface area contributed by atoms with Gasteiger partial charge in [-0.25, -0.2) is 0 Å². The zero-order valence-corrected chi connectivity index (χ0v) is 12.1. The summed E-state index contributed by atoms with van der Waals surface area (Å²) in [6.45, 7) is 6.42. The van der Waals surface area contributed by atoms with Gasteiger partial charge in [0.25, 0.3) is 0 Å². The van der Waals surface area contributed by atoms with Crippen LogP contribution in [0, 0.1) is 11.8 Å². The topological polar surface area (TPSA) is 30.5 Å². The second kappa shape index (κ2) is 9.29. The van der Waals surface area contributed by atoms with E-state index >= 15 is 0 Å². The summed E-state index contributed by atoms with van der Waals surface area (Å²) in [4.78, 5) is 0. The Hall–Kier alpha value is -1.66. The van der Waals surface area contributed by atoms with E-state index in [9.17, 15) is 0 Å². The number of nitrogens with one attached hydrogen (secondary N) is 1. The van der Waals surface area contributed by atoms with Crippen LogP contribution in [0.3, 0.4) is 0 Å². The zero-order chi connectivity index (χ0) is 13.9. The van der Waals surface area contributed by atoms with Gasteiger partial charge in [-0.05, 0) is 26.0 Å². The molecule has 1 aromatic carbocycles. The van der Waals surface area contributed by atoms with E-state index in [0.717, 1.165) is 43.0 Å². The number of rotatable bonds is 8. The summed E-state index contributed by atoms with van der Waals surface area (Å²) in [5.74, 6) is 7.55. The normalized spacial score (nSPS) is 9.63. The summed E-state index contributed by atoms with van der Waals surface area (Å²) in [7, 11) is 1.66. The van der Waals surface area contributed by atoms with Crippen LogP contribution in [0.5, 0.6) is 11.5 Å². The van der Waals surface area contributed by atoms with E-state index in [-0.39, 0.29) is 0 Å². The van der Waals surface area contributed by atoms with E-state index < -0.39 is 0 Å². The van der Waals surface area contributed by atoms with Crippen LogP contribution in [0.15, 0.2) is 18.2 Å². The van der Waals surface area contributed by atoms with Gasteiger partial charge in [-0.1, -0.05) is 13.0 Å². The molecule has 3 nitrogen and oxygen atoms in total. The molecule has 0 aliphatic carbocycles. The zero-order valence-electron chi connectivity index (χ0n) is 12.1. The Bertz CT molecular complexity index is 432. The smallest absolute Gasteiger partial charge is 0.127 e. The monoisotopic (exact) mass is 261 g/mol. The number of benzene rings is 1. The molecule has 0 saturated heterocycles. The van der Waals surface area contributed by atoms with Gasteiger partial charge >= 0.3 is 0 Å². The summed E-state index contributed by atoms with van der Waals surface area (Å²) in [6.07, 6.45) is 1.87. The fourth-order valence-corrected chi connectivity index (χ4v) is 1.68. The van der Waals surface area contributed by atoms with Crippen molar-refractivity contribution < 1.29 is 9.47 Å². The minimum atomic E-state index is 0.606. The van der Waals surface area contributed by atoms with Crippen molar-refractivity contribution in [1.82, 2.24) is 5.32 Å². The molecule has 1 N–H and O–H groups in total. The lowest BCUT2D eigenvalue weighted by molar-refractivity contribution is 0.319. The van der Waals surface area contributed by atoms with Crippen LogP contribution in [0.1, 0.15) is 32.3 Å². The minimum absolute atomic E-state index is 0.606. The molecule has 0 aromatic heterocycles. The van der Waals surface area contributed by atoms with Gasteiger partial charge in [0.1, 0.15) is 11.5 Å². The third kappa shape index (κ3) is 5.67. The Morgan fingerprint density at radius 2 is 2.16 bits per heavy atom. The summed E-state index contributed by atoms with van der Waals surface area (Å²) in [5, 5.41) is 3.38. The molecule has 0 heterocycles. The molecule has 104 valence electrons.